The van der Waals surface area contributed by atoms with Crippen molar-refractivity contribution in [1.29, 1.82) is 0 Å². The Labute approximate surface area is 148 Å². The zero-order chi connectivity index (χ0) is 17.5. The van der Waals surface area contributed by atoms with Gasteiger partial charge in [-0.1, -0.05) is 10.6 Å². The molecule has 24 heavy (non-hydrogen) atoms. The van der Waals surface area contributed by atoms with Gasteiger partial charge in [-0.25, -0.2) is 4.79 Å². The van der Waals surface area contributed by atoms with Crippen LogP contribution in [0.3, 0.4) is 0 Å². The number of hydrogen-bond donors (Lipinski definition) is 1. The fourth-order valence-corrected chi connectivity index (χ4v) is 4.10. The highest BCUT2D eigenvalue weighted by molar-refractivity contribution is 8.00. The third kappa shape index (κ3) is 3.24. The van der Waals surface area contributed by atoms with Crippen molar-refractivity contribution >= 4 is 41.2 Å². The number of thioether (sulfide) groups is 1. The standard InChI is InChI=1S/C15H18N4O3S2/c1-15(2,3)22-14(21)11-8(4-5-9-7-24-18-17-9)6-23-13-10(16)12(20)19(11)13/h4-5,7,10,13H,6,16H2,1-3H3/b5-4-. The van der Waals surface area contributed by atoms with Gasteiger partial charge < -0.3 is 10.5 Å². The lowest BCUT2D eigenvalue weighted by atomic mass is 10.0. The van der Waals surface area contributed by atoms with Crippen molar-refractivity contribution < 1.29 is 14.3 Å². The highest BCUT2D eigenvalue weighted by Gasteiger charge is 2.52. The van der Waals surface area contributed by atoms with E-state index in [-0.39, 0.29) is 17.0 Å². The number of rotatable bonds is 3. The summed E-state index contributed by atoms with van der Waals surface area (Å²) in [5.41, 5.74) is 6.90. The number of nitrogens with zero attached hydrogens (tertiary/aromatic N) is 3. The average molecular weight is 366 g/mol. The molecule has 2 N–H and O–H groups in total. The van der Waals surface area contributed by atoms with Crippen LogP contribution in [0.5, 0.6) is 0 Å². The second-order valence-electron chi connectivity index (χ2n) is 6.47. The van der Waals surface area contributed by atoms with E-state index in [2.05, 4.69) is 9.59 Å². The highest BCUT2D eigenvalue weighted by atomic mass is 32.2. The van der Waals surface area contributed by atoms with Gasteiger partial charge in [0.05, 0.1) is 5.69 Å². The van der Waals surface area contributed by atoms with Crippen LogP contribution in [-0.2, 0) is 14.3 Å². The number of esters is 1. The van der Waals surface area contributed by atoms with Crippen LogP contribution in [0.2, 0.25) is 0 Å². The van der Waals surface area contributed by atoms with E-state index in [1.54, 1.807) is 38.3 Å². The summed E-state index contributed by atoms with van der Waals surface area (Å²) in [7, 11) is 0. The van der Waals surface area contributed by atoms with Crippen LogP contribution in [-0.4, -0.2) is 49.1 Å². The lowest BCUT2D eigenvalue weighted by molar-refractivity contribution is -0.157. The van der Waals surface area contributed by atoms with Crippen LogP contribution in [0, 0.1) is 0 Å². The molecule has 1 aromatic heterocycles. The van der Waals surface area contributed by atoms with Crippen molar-refractivity contribution in [3.05, 3.63) is 28.4 Å². The molecule has 0 saturated carbocycles. The maximum absolute atomic E-state index is 12.6. The van der Waals surface area contributed by atoms with Crippen molar-refractivity contribution in [1.82, 2.24) is 14.5 Å². The first-order valence-electron chi connectivity index (χ1n) is 7.40. The molecule has 0 aromatic carbocycles. The molecule has 3 rings (SSSR count). The normalized spacial score (nSPS) is 24.2. The Bertz CT molecular complexity index is 722. The van der Waals surface area contributed by atoms with Crippen molar-refractivity contribution in [2.45, 2.75) is 37.8 Å². The number of β-lactam (4-membered cyclic amide) rings is 1. The number of hydrogen-bond acceptors (Lipinski definition) is 8. The van der Waals surface area contributed by atoms with Crippen LogP contribution in [0.15, 0.2) is 22.7 Å². The van der Waals surface area contributed by atoms with Crippen molar-refractivity contribution in [3.8, 4) is 0 Å². The van der Waals surface area contributed by atoms with E-state index in [1.165, 1.54) is 28.2 Å². The molecule has 2 atom stereocenters. The molecule has 0 spiro atoms. The van der Waals surface area contributed by atoms with E-state index in [9.17, 15) is 9.59 Å². The number of carbonyl (C=O) groups is 2. The van der Waals surface area contributed by atoms with Crippen LogP contribution in [0.4, 0.5) is 0 Å². The average Bonchev–Trinajstić information content (AvgIpc) is 3.02. The Hall–Kier alpha value is -1.71. The Morgan fingerprint density at radius 3 is 2.83 bits per heavy atom. The fourth-order valence-electron chi connectivity index (χ4n) is 2.41. The highest BCUT2D eigenvalue weighted by Crippen LogP contribution is 2.40. The molecule has 1 aromatic rings. The summed E-state index contributed by atoms with van der Waals surface area (Å²) >= 11 is 2.79. The van der Waals surface area contributed by atoms with E-state index in [0.29, 0.717) is 11.4 Å². The zero-order valence-electron chi connectivity index (χ0n) is 13.6. The van der Waals surface area contributed by atoms with Crippen molar-refractivity contribution in [2.75, 3.05) is 5.75 Å². The first kappa shape index (κ1) is 17.1. The van der Waals surface area contributed by atoms with Crippen LogP contribution in [0.1, 0.15) is 26.5 Å². The van der Waals surface area contributed by atoms with Gasteiger partial charge in [0.15, 0.2) is 0 Å². The summed E-state index contributed by atoms with van der Waals surface area (Å²) in [6.45, 7) is 5.38. The number of amides is 1. The molecular weight excluding hydrogens is 348 g/mol. The van der Waals surface area contributed by atoms with E-state index >= 15 is 0 Å². The number of fused-ring (bicyclic) bond motifs is 1. The summed E-state index contributed by atoms with van der Waals surface area (Å²) in [5.74, 6) is -0.191. The Morgan fingerprint density at radius 2 is 2.21 bits per heavy atom. The molecule has 2 aliphatic heterocycles. The Kier molecular flexibility index (Phi) is 4.50. The molecule has 1 saturated heterocycles. The first-order valence-corrected chi connectivity index (χ1v) is 9.28. The van der Waals surface area contributed by atoms with Gasteiger partial charge >= 0.3 is 5.97 Å². The minimum atomic E-state index is -0.645. The summed E-state index contributed by atoms with van der Waals surface area (Å²) < 4.78 is 9.28. The van der Waals surface area contributed by atoms with Gasteiger partial charge in [-0.15, -0.1) is 16.9 Å². The maximum Gasteiger partial charge on any atom is 0.355 e. The molecule has 1 fully saturated rings. The predicted octanol–water partition coefficient (Wildman–Crippen LogP) is 1.39. The summed E-state index contributed by atoms with van der Waals surface area (Å²) in [6.07, 6.45) is 3.56. The van der Waals surface area contributed by atoms with E-state index in [1.807, 2.05) is 0 Å². The molecule has 1 amide bonds. The molecule has 3 heterocycles. The predicted molar refractivity (Wildman–Crippen MR) is 92.9 cm³/mol. The molecule has 9 heteroatoms. The number of allylic oxidation sites excluding steroid dienone is 1. The maximum atomic E-state index is 12.6. The quantitative estimate of drug-likeness (QED) is 0.637. The number of aromatic nitrogens is 2. The third-order valence-corrected chi connectivity index (χ3v) is 5.31. The number of nitrogens with two attached hydrogens (primary N) is 1. The first-order chi connectivity index (χ1) is 11.3. The lowest BCUT2D eigenvalue weighted by Crippen LogP contribution is -2.68. The lowest BCUT2D eigenvalue weighted by Gasteiger charge is -2.48. The second-order valence-corrected chi connectivity index (χ2v) is 8.19. The molecule has 0 aliphatic carbocycles. The van der Waals surface area contributed by atoms with Gasteiger partial charge in [-0.3, -0.25) is 9.69 Å². The fraction of sp³-hybridized carbons (Fsp3) is 0.467. The Morgan fingerprint density at radius 1 is 1.46 bits per heavy atom. The monoisotopic (exact) mass is 366 g/mol. The zero-order valence-corrected chi connectivity index (χ0v) is 15.2. The van der Waals surface area contributed by atoms with Gasteiger partial charge in [0, 0.05) is 11.1 Å². The van der Waals surface area contributed by atoms with Gasteiger partial charge in [0.25, 0.3) is 0 Å². The molecular formula is C15H18N4O3S2. The molecule has 2 unspecified atom stereocenters. The number of ether oxygens (including phenoxy) is 1. The Balaban J connectivity index is 1.95. The van der Waals surface area contributed by atoms with Gasteiger partial charge in [-0.2, -0.15) is 0 Å². The van der Waals surface area contributed by atoms with Gasteiger partial charge in [0.1, 0.15) is 22.7 Å². The smallest absolute Gasteiger partial charge is 0.355 e. The summed E-state index contributed by atoms with van der Waals surface area (Å²) in [4.78, 5) is 26.2. The second kappa shape index (κ2) is 6.30. The van der Waals surface area contributed by atoms with Gasteiger partial charge in [0.2, 0.25) is 5.91 Å². The summed E-state index contributed by atoms with van der Waals surface area (Å²) in [5, 5.41) is 5.53. The van der Waals surface area contributed by atoms with E-state index in [4.69, 9.17) is 10.5 Å². The molecule has 2 aliphatic rings. The van der Waals surface area contributed by atoms with E-state index in [0.717, 1.165) is 5.57 Å². The van der Waals surface area contributed by atoms with Crippen LogP contribution < -0.4 is 5.73 Å². The minimum Gasteiger partial charge on any atom is -0.455 e. The minimum absolute atomic E-state index is 0.210. The molecule has 7 nitrogen and oxygen atoms in total. The summed E-state index contributed by atoms with van der Waals surface area (Å²) in [6, 6.07) is -0.569. The molecule has 0 bridgehead atoms. The SMILES string of the molecule is CC(C)(C)OC(=O)C1=C(/C=C\c2csnn2)CSC2C(N)C(=O)N12. The van der Waals surface area contributed by atoms with Crippen molar-refractivity contribution in [2.24, 2.45) is 5.73 Å². The number of carbonyl (C=O) groups excluding carboxylic acids is 2. The van der Waals surface area contributed by atoms with Gasteiger partial charge in [-0.05, 0) is 44.0 Å². The van der Waals surface area contributed by atoms with Crippen LogP contribution >= 0.6 is 23.3 Å². The largest absolute Gasteiger partial charge is 0.455 e. The van der Waals surface area contributed by atoms with Crippen molar-refractivity contribution in [3.63, 3.8) is 0 Å². The van der Waals surface area contributed by atoms with Crippen LogP contribution in [0.25, 0.3) is 6.08 Å². The third-order valence-electron chi connectivity index (χ3n) is 3.46. The van der Waals surface area contributed by atoms with E-state index < -0.39 is 17.6 Å². The topological polar surface area (TPSA) is 98.4 Å². The molecule has 128 valence electrons. The molecule has 0 radical (unpaired) electrons.